The molecule has 68 valence electrons. The van der Waals surface area contributed by atoms with Gasteiger partial charge in [0, 0.05) is 6.42 Å². The Kier molecular flexibility index (Phi) is 3.62. The number of rotatable bonds is 5. The summed E-state index contributed by atoms with van der Waals surface area (Å²) in [5.41, 5.74) is 0. The fraction of sp³-hybridized carbons (Fsp3) is 0.818. The molecule has 0 amide bonds. The Morgan fingerprint density at radius 2 is 2.25 bits per heavy atom. The first-order valence-electron chi connectivity index (χ1n) is 4.88. The van der Waals surface area contributed by atoms with Crippen LogP contribution >= 0.6 is 0 Å². The van der Waals surface area contributed by atoms with Gasteiger partial charge in [0.15, 0.2) is 0 Å². The van der Waals surface area contributed by atoms with Crippen LogP contribution in [-0.2, 0) is 0 Å². The molecule has 0 aromatic rings. The summed E-state index contributed by atoms with van der Waals surface area (Å²) in [6.45, 7) is 6.78. The Labute approximate surface area is 75.9 Å². The molecule has 12 heavy (non-hydrogen) atoms. The molecule has 2 unspecified atom stereocenters. The van der Waals surface area contributed by atoms with E-state index >= 15 is 0 Å². The lowest BCUT2D eigenvalue weighted by atomic mass is 10.2. The highest BCUT2D eigenvalue weighted by Crippen LogP contribution is 2.40. The van der Waals surface area contributed by atoms with Crippen molar-refractivity contribution < 1.29 is 0 Å². The summed E-state index contributed by atoms with van der Waals surface area (Å²) in [7, 11) is 0. The summed E-state index contributed by atoms with van der Waals surface area (Å²) in [5.74, 6) is 5.19. The van der Waals surface area contributed by atoms with E-state index in [0.29, 0.717) is 0 Å². The maximum Gasteiger partial charge on any atom is 0.0118 e. The first-order valence-corrected chi connectivity index (χ1v) is 4.88. The molecular formula is C11H19N. The normalized spacial score (nSPS) is 27.2. The van der Waals surface area contributed by atoms with E-state index < -0.39 is 0 Å². The second kappa shape index (κ2) is 4.52. The summed E-state index contributed by atoms with van der Waals surface area (Å²) >= 11 is 0. The van der Waals surface area contributed by atoms with Crippen molar-refractivity contribution in [2.75, 3.05) is 13.1 Å². The van der Waals surface area contributed by atoms with Crippen LogP contribution in [-0.4, -0.2) is 13.1 Å². The van der Waals surface area contributed by atoms with Gasteiger partial charge in [0.1, 0.15) is 0 Å². The Bertz CT molecular complexity index is 166. The topological polar surface area (TPSA) is 12.0 Å². The van der Waals surface area contributed by atoms with E-state index in [0.717, 1.165) is 30.7 Å². The minimum atomic E-state index is 0.759. The first-order chi connectivity index (χ1) is 5.74. The second-order valence-electron chi connectivity index (χ2n) is 4.22. The van der Waals surface area contributed by atoms with E-state index in [-0.39, 0.29) is 0 Å². The molecule has 1 saturated carbocycles. The van der Waals surface area contributed by atoms with Crippen molar-refractivity contribution in [3.63, 3.8) is 0 Å². The van der Waals surface area contributed by atoms with Crippen LogP contribution in [0.15, 0.2) is 0 Å². The van der Waals surface area contributed by atoms with Gasteiger partial charge in [-0.1, -0.05) is 13.8 Å². The van der Waals surface area contributed by atoms with Crippen molar-refractivity contribution in [2.45, 2.75) is 26.7 Å². The van der Waals surface area contributed by atoms with Crippen molar-refractivity contribution in [1.29, 1.82) is 0 Å². The van der Waals surface area contributed by atoms with E-state index in [1.54, 1.807) is 0 Å². The average Bonchev–Trinajstić information content (AvgIpc) is 2.68. The molecule has 1 aliphatic carbocycles. The molecule has 1 N–H and O–H groups in total. The Hall–Kier alpha value is -0.480. The van der Waals surface area contributed by atoms with Gasteiger partial charge in [-0.05, 0) is 37.3 Å². The van der Waals surface area contributed by atoms with Crippen LogP contribution in [0.2, 0.25) is 0 Å². The van der Waals surface area contributed by atoms with Gasteiger partial charge < -0.3 is 5.32 Å². The summed E-state index contributed by atoms with van der Waals surface area (Å²) in [4.78, 5) is 0. The van der Waals surface area contributed by atoms with Gasteiger partial charge in [-0.15, -0.1) is 12.3 Å². The van der Waals surface area contributed by atoms with Crippen molar-refractivity contribution in [3.05, 3.63) is 0 Å². The maximum absolute atomic E-state index is 5.24. The third-order valence-corrected chi connectivity index (χ3v) is 2.41. The molecule has 1 heteroatoms. The smallest absolute Gasteiger partial charge is 0.0118 e. The first kappa shape index (κ1) is 9.61. The second-order valence-corrected chi connectivity index (χ2v) is 4.22. The maximum atomic E-state index is 5.24. The van der Waals surface area contributed by atoms with Crippen LogP contribution < -0.4 is 5.32 Å². The third kappa shape index (κ3) is 3.28. The average molecular weight is 165 g/mol. The molecule has 0 saturated heterocycles. The number of hydrogen-bond donors (Lipinski definition) is 1. The van der Waals surface area contributed by atoms with Gasteiger partial charge >= 0.3 is 0 Å². The van der Waals surface area contributed by atoms with E-state index in [4.69, 9.17) is 6.42 Å². The minimum Gasteiger partial charge on any atom is -0.316 e. The molecule has 0 spiro atoms. The van der Waals surface area contributed by atoms with E-state index in [1.165, 1.54) is 13.0 Å². The van der Waals surface area contributed by atoms with Crippen molar-refractivity contribution >= 4 is 0 Å². The molecule has 0 heterocycles. The van der Waals surface area contributed by atoms with Gasteiger partial charge in [-0.2, -0.15) is 0 Å². The van der Waals surface area contributed by atoms with E-state index in [1.807, 2.05) is 0 Å². The van der Waals surface area contributed by atoms with Crippen LogP contribution in [0.3, 0.4) is 0 Å². The van der Waals surface area contributed by atoms with Crippen LogP contribution in [0.4, 0.5) is 0 Å². The Balaban J connectivity index is 1.94. The minimum absolute atomic E-state index is 0.759. The van der Waals surface area contributed by atoms with Gasteiger partial charge in [-0.3, -0.25) is 0 Å². The molecule has 0 aromatic carbocycles. The highest BCUT2D eigenvalue weighted by Gasteiger charge is 2.35. The lowest BCUT2D eigenvalue weighted by molar-refractivity contribution is 0.524. The number of nitrogens with one attached hydrogen (secondary N) is 1. The van der Waals surface area contributed by atoms with Gasteiger partial charge in [0.25, 0.3) is 0 Å². The zero-order chi connectivity index (χ0) is 8.97. The standard InChI is InChI=1S/C11H19N/c1-4-5-10-6-11(10)8-12-7-9(2)3/h1,9-12H,5-8H2,2-3H3. The molecule has 0 aromatic heterocycles. The monoisotopic (exact) mass is 165 g/mol. The van der Waals surface area contributed by atoms with Crippen molar-refractivity contribution in [1.82, 2.24) is 5.32 Å². The number of hydrogen-bond acceptors (Lipinski definition) is 1. The van der Waals surface area contributed by atoms with Gasteiger partial charge in [0.05, 0.1) is 0 Å². The molecule has 1 aliphatic rings. The van der Waals surface area contributed by atoms with Crippen LogP contribution in [0.1, 0.15) is 26.7 Å². The molecule has 0 aliphatic heterocycles. The molecule has 2 atom stereocenters. The van der Waals surface area contributed by atoms with Crippen LogP contribution in [0, 0.1) is 30.1 Å². The predicted octanol–water partition coefficient (Wildman–Crippen LogP) is 1.89. The fourth-order valence-electron chi connectivity index (χ4n) is 1.52. The largest absolute Gasteiger partial charge is 0.316 e. The summed E-state index contributed by atoms with van der Waals surface area (Å²) < 4.78 is 0. The summed E-state index contributed by atoms with van der Waals surface area (Å²) in [5, 5.41) is 3.47. The van der Waals surface area contributed by atoms with Crippen LogP contribution in [0.25, 0.3) is 0 Å². The fourth-order valence-corrected chi connectivity index (χ4v) is 1.52. The molecule has 1 rings (SSSR count). The van der Waals surface area contributed by atoms with Crippen molar-refractivity contribution in [2.24, 2.45) is 17.8 Å². The van der Waals surface area contributed by atoms with E-state index in [2.05, 4.69) is 25.1 Å². The SMILES string of the molecule is C#CCC1CC1CNCC(C)C. The zero-order valence-corrected chi connectivity index (χ0v) is 8.14. The Morgan fingerprint density at radius 3 is 2.83 bits per heavy atom. The van der Waals surface area contributed by atoms with E-state index in [9.17, 15) is 0 Å². The quantitative estimate of drug-likeness (QED) is 0.613. The summed E-state index contributed by atoms with van der Waals surface area (Å²) in [6, 6.07) is 0. The van der Waals surface area contributed by atoms with Crippen LogP contribution in [0.5, 0.6) is 0 Å². The zero-order valence-electron chi connectivity index (χ0n) is 8.14. The predicted molar refractivity (Wildman–Crippen MR) is 52.8 cm³/mol. The molecular weight excluding hydrogens is 146 g/mol. The lowest BCUT2D eigenvalue weighted by Gasteiger charge is -2.05. The highest BCUT2D eigenvalue weighted by molar-refractivity contribution is 4.97. The third-order valence-electron chi connectivity index (χ3n) is 2.41. The molecule has 0 radical (unpaired) electrons. The molecule has 1 fully saturated rings. The molecule has 0 bridgehead atoms. The summed E-state index contributed by atoms with van der Waals surface area (Å²) in [6.07, 6.45) is 7.56. The highest BCUT2D eigenvalue weighted by atomic mass is 14.9. The molecule has 1 nitrogen and oxygen atoms in total. The van der Waals surface area contributed by atoms with Gasteiger partial charge in [0.2, 0.25) is 0 Å². The lowest BCUT2D eigenvalue weighted by Crippen LogP contribution is -2.22. The number of terminal acetylenes is 1. The van der Waals surface area contributed by atoms with Gasteiger partial charge in [-0.25, -0.2) is 0 Å². The van der Waals surface area contributed by atoms with Crippen molar-refractivity contribution in [3.8, 4) is 12.3 Å². The Morgan fingerprint density at radius 1 is 1.50 bits per heavy atom.